The predicted octanol–water partition coefficient (Wildman–Crippen LogP) is 2.17. The number of amides is 1. The van der Waals surface area contributed by atoms with Crippen LogP contribution in [0.3, 0.4) is 0 Å². The molecule has 1 aromatic rings. The number of ether oxygens (including phenoxy) is 1. The van der Waals surface area contributed by atoms with Crippen molar-refractivity contribution in [1.82, 2.24) is 5.32 Å². The second kappa shape index (κ2) is 5.71. The van der Waals surface area contributed by atoms with Crippen molar-refractivity contribution in [1.29, 1.82) is 0 Å². The van der Waals surface area contributed by atoms with Crippen LogP contribution in [-0.2, 0) is 4.79 Å². The highest BCUT2D eigenvalue weighted by atomic mass is 79.9. The van der Waals surface area contributed by atoms with Gasteiger partial charge in [-0.25, -0.2) is 0 Å². The summed E-state index contributed by atoms with van der Waals surface area (Å²) >= 11 is 3.44. The number of rotatable bonds is 4. The zero-order valence-corrected chi connectivity index (χ0v) is 12.2. The van der Waals surface area contributed by atoms with Gasteiger partial charge in [0.2, 0.25) is 5.91 Å². The monoisotopic (exact) mass is 312 g/mol. The first-order valence-electron chi connectivity index (χ1n) is 6.03. The van der Waals surface area contributed by atoms with E-state index in [0.717, 1.165) is 29.0 Å². The molecule has 0 aromatic heterocycles. The first kappa shape index (κ1) is 13.4. The van der Waals surface area contributed by atoms with E-state index >= 15 is 0 Å². The number of carbonyl (C=O) groups excluding carboxylic acids is 1. The van der Waals surface area contributed by atoms with Crippen LogP contribution in [0.4, 0.5) is 5.69 Å². The van der Waals surface area contributed by atoms with Gasteiger partial charge in [-0.05, 0) is 40.7 Å². The summed E-state index contributed by atoms with van der Waals surface area (Å²) in [4.78, 5) is 13.8. The van der Waals surface area contributed by atoms with E-state index < -0.39 is 0 Å². The summed E-state index contributed by atoms with van der Waals surface area (Å²) in [5, 5.41) is 3.31. The van der Waals surface area contributed by atoms with Gasteiger partial charge in [0.05, 0.1) is 11.6 Å². The second-order valence-corrected chi connectivity index (χ2v) is 5.14. The van der Waals surface area contributed by atoms with Crippen LogP contribution in [0.25, 0.3) is 0 Å². The molecule has 1 saturated heterocycles. The van der Waals surface area contributed by atoms with Crippen LogP contribution < -0.4 is 15.0 Å². The number of anilines is 1. The van der Waals surface area contributed by atoms with Crippen molar-refractivity contribution in [2.75, 3.05) is 25.1 Å². The lowest BCUT2D eigenvalue weighted by atomic mass is 10.2. The van der Waals surface area contributed by atoms with Gasteiger partial charge in [0.1, 0.15) is 5.75 Å². The Morgan fingerprint density at radius 1 is 1.56 bits per heavy atom. The number of hydrogen-bond donors (Lipinski definition) is 1. The molecular weight excluding hydrogens is 296 g/mol. The number of carbonyl (C=O) groups is 1. The van der Waals surface area contributed by atoms with Crippen molar-refractivity contribution in [3.05, 3.63) is 22.7 Å². The highest BCUT2D eigenvalue weighted by Gasteiger charge is 2.30. The Morgan fingerprint density at radius 2 is 2.33 bits per heavy atom. The van der Waals surface area contributed by atoms with E-state index in [1.807, 2.05) is 23.1 Å². The minimum atomic E-state index is 0.165. The SMILES string of the molecule is CCNC1CC(=O)N(c2ccc(OC)c(Br)c2)C1. The Hall–Kier alpha value is -1.07. The number of benzene rings is 1. The molecule has 1 N–H and O–H groups in total. The van der Waals surface area contributed by atoms with Crippen LogP contribution in [-0.4, -0.2) is 32.1 Å². The third kappa shape index (κ3) is 2.67. The van der Waals surface area contributed by atoms with Crippen molar-refractivity contribution in [2.45, 2.75) is 19.4 Å². The van der Waals surface area contributed by atoms with Crippen molar-refractivity contribution < 1.29 is 9.53 Å². The minimum absolute atomic E-state index is 0.165. The molecule has 0 spiro atoms. The van der Waals surface area contributed by atoms with E-state index in [1.165, 1.54) is 0 Å². The van der Waals surface area contributed by atoms with Crippen molar-refractivity contribution in [3.8, 4) is 5.75 Å². The van der Waals surface area contributed by atoms with E-state index in [-0.39, 0.29) is 11.9 Å². The normalized spacial score (nSPS) is 19.4. The maximum absolute atomic E-state index is 12.0. The average molecular weight is 313 g/mol. The third-order valence-electron chi connectivity index (χ3n) is 3.06. The molecule has 0 radical (unpaired) electrons. The van der Waals surface area contributed by atoms with E-state index in [1.54, 1.807) is 7.11 Å². The van der Waals surface area contributed by atoms with Gasteiger partial charge < -0.3 is 15.0 Å². The zero-order chi connectivity index (χ0) is 13.1. The van der Waals surface area contributed by atoms with Crippen molar-refractivity contribution >= 4 is 27.5 Å². The standard InChI is InChI=1S/C13H17BrN2O2/c1-3-15-9-6-13(17)16(8-9)10-4-5-12(18-2)11(14)7-10/h4-5,7,9,15H,3,6,8H2,1-2H3. The van der Waals surface area contributed by atoms with Crippen molar-refractivity contribution in [3.63, 3.8) is 0 Å². The zero-order valence-electron chi connectivity index (χ0n) is 10.6. The molecule has 0 saturated carbocycles. The second-order valence-electron chi connectivity index (χ2n) is 4.28. The Balaban J connectivity index is 2.17. The van der Waals surface area contributed by atoms with Gasteiger partial charge in [-0.2, -0.15) is 0 Å². The molecule has 1 heterocycles. The fourth-order valence-electron chi connectivity index (χ4n) is 2.21. The summed E-state index contributed by atoms with van der Waals surface area (Å²) in [7, 11) is 1.63. The highest BCUT2D eigenvalue weighted by Crippen LogP contribution is 2.31. The fourth-order valence-corrected chi connectivity index (χ4v) is 2.73. The van der Waals surface area contributed by atoms with Gasteiger partial charge in [-0.3, -0.25) is 4.79 Å². The van der Waals surface area contributed by atoms with E-state index in [2.05, 4.69) is 28.2 Å². The molecule has 0 bridgehead atoms. The van der Waals surface area contributed by atoms with Gasteiger partial charge in [-0.1, -0.05) is 6.92 Å². The lowest BCUT2D eigenvalue weighted by Crippen LogP contribution is -2.32. The molecule has 4 nitrogen and oxygen atoms in total. The van der Waals surface area contributed by atoms with Crippen LogP contribution in [0.15, 0.2) is 22.7 Å². The van der Waals surface area contributed by atoms with Gasteiger partial charge in [0, 0.05) is 24.7 Å². The molecule has 1 amide bonds. The smallest absolute Gasteiger partial charge is 0.228 e. The maximum atomic E-state index is 12.0. The molecule has 1 atom stereocenters. The molecular formula is C13H17BrN2O2. The number of likely N-dealkylation sites (N-methyl/N-ethyl adjacent to an activating group) is 1. The summed E-state index contributed by atoms with van der Waals surface area (Å²) in [6, 6.07) is 5.96. The first-order valence-corrected chi connectivity index (χ1v) is 6.82. The van der Waals surface area contributed by atoms with Gasteiger partial charge in [-0.15, -0.1) is 0 Å². The molecule has 1 fully saturated rings. The highest BCUT2D eigenvalue weighted by molar-refractivity contribution is 9.10. The molecule has 1 aromatic carbocycles. The number of hydrogen-bond acceptors (Lipinski definition) is 3. The van der Waals surface area contributed by atoms with Crippen LogP contribution >= 0.6 is 15.9 Å². The molecule has 1 aliphatic heterocycles. The van der Waals surface area contributed by atoms with Gasteiger partial charge >= 0.3 is 0 Å². The Morgan fingerprint density at radius 3 is 2.94 bits per heavy atom. The lowest BCUT2D eigenvalue weighted by molar-refractivity contribution is -0.117. The summed E-state index contributed by atoms with van der Waals surface area (Å²) in [5.41, 5.74) is 0.910. The number of nitrogens with zero attached hydrogens (tertiary/aromatic N) is 1. The molecule has 2 rings (SSSR count). The Kier molecular flexibility index (Phi) is 4.24. The van der Waals surface area contributed by atoms with Gasteiger partial charge in [0.25, 0.3) is 0 Å². The van der Waals surface area contributed by atoms with Gasteiger partial charge in [0.15, 0.2) is 0 Å². The molecule has 0 aliphatic carbocycles. The maximum Gasteiger partial charge on any atom is 0.228 e. The number of nitrogens with one attached hydrogen (secondary N) is 1. The lowest BCUT2D eigenvalue weighted by Gasteiger charge is -2.18. The quantitative estimate of drug-likeness (QED) is 0.926. The Labute approximate surface area is 115 Å². The summed E-state index contributed by atoms with van der Waals surface area (Å²) in [6.45, 7) is 3.67. The number of halogens is 1. The molecule has 5 heteroatoms. The van der Waals surface area contributed by atoms with Crippen molar-refractivity contribution in [2.24, 2.45) is 0 Å². The topological polar surface area (TPSA) is 41.6 Å². The predicted molar refractivity (Wildman–Crippen MR) is 75.1 cm³/mol. The summed E-state index contributed by atoms with van der Waals surface area (Å²) in [6.07, 6.45) is 0.567. The minimum Gasteiger partial charge on any atom is -0.496 e. The van der Waals surface area contributed by atoms with Crippen LogP contribution in [0, 0.1) is 0 Å². The molecule has 1 unspecified atom stereocenters. The largest absolute Gasteiger partial charge is 0.496 e. The average Bonchev–Trinajstić information content (AvgIpc) is 2.71. The van der Waals surface area contributed by atoms with Crippen LogP contribution in [0.5, 0.6) is 5.75 Å². The molecule has 1 aliphatic rings. The third-order valence-corrected chi connectivity index (χ3v) is 3.68. The fraction of sp³-hybridized carbons (Fsp3) is 0.462. The van der Waals surface area contributed by atoms with E-state index in [0.29, 0.717) is 6.42 Å². The van der Waals surface area contributed by atoms with Crippen LogP contribution in [0.2, 0.25) is 0 Å². The first-order chi connectivity index (χ1) is 8.65. The Bertz CT molecular complexity index is 451. The van der Waals surface area contributed by atoms with Crippen LogP contribution in [0.1, 0.15) is 13.3 Å². The molecule has 98 valence electrons. The summed E-state index contributed by atoms with van der Waals surface area (Å²) < 4.78 is 6.05. The van der Waals surface area contributed by atoms with E-state index in [9.17, 15) is 4.79 Å². The number of methoxy groups -OCH3 is 1. The summed E-state index contributed by atoms with van der Waals surface area (Å²) in [5.74, 6) is 0.937. The van der Waals surface area contributed by atoms with E-state index in [4.69, 9.17) is 4.74 Å². The molecule has 18 heavy (non-hydrogen) atoms.